The van der Waals surface area contributed by atoms with Gasteiger partial charge in [0.15, 0.2) is 0 Å². The van der Waals surface area contributed by atoms with Gasteiger partial charge >= 0.3 is 0 Å². The number of aryl methyl sites for hydroxylation is 1. The molecule has 1 aromatic carbocycles. The third-order valence-corrected chi connectivity index (χ3v) is 4.72. The largest absolute Gasteiger partial charge is 0.398 e. The van der Waals surface area contributed by atoms with E-state index >= 15 is 0 Å². The zero-order chi connectivity index (χ0) is 14.9. The topological polar surface area (TPSA) is 71.2 Å². The van der Waals surface area contributed by atoms with Gasteiger partial charge in [-0.2, -0.15) is 0 Å². The molecule has 4 heteroatoms. The van der Waals surface area contributed by atoms with Crippen LogP contribution in [0.25, 0.3) is 10.8 Å². The summed E-state index contributed by atoms with van der Waals surface area (Å²) >= 11 is 0. The smallest absolute Gasteiger partial charge is 0.0504 e. The summed E-state index contributed by atoms with van der Waals surface area (Å²) in [6, 6.07) is 6.01. The van der Waals surface area contributed by atoms with Gasteiger partial charge in [0.05, 0.1) is 6.61 Å². The van der Waals surface area contributed by atoms with Crippen LogP contribution >= 0.6 is 0 Å². The molecule has 3 rings (SSSR count). The van der Waals surface area contributed by atoms with Crippen LogP contribution in [0.3, 0.4) is 0 Å². The molecule has 1 heterocycles. The molecule has 112 valence electrons. The highest BCUT2D eigenvalue weighted by molar-refractivity contribution is 6.00. The van der Waals surface area contributed by atoms with E-state index in [1.807, 2.05) is 25.3 Å². The zero-order valence-electron chi connectivity index (χ0n) is 12.5. The van der Waals surface area contributed by atoms with Gasteiger partial charge in [0, 0.05) is 46.0 Å². The minimum atomic E-state index is 0.0375. The van der Waals surface area contributed by atoms with Crippen LogP contribution in [0.4, 0.5) is 11.4 Å². The number of fused-ring (bicyclic) bond motifs is 1. The van der Waals surface area contributed by atoms with E-state index < -0.39 is 0 Å². The average molecular weight is 285 g/mol. The Morgan fingerprint density at radius 1 is 1.29 bits per heavy atom. The van der Waals surface area contributed by atoms with E-state index in [1.165, 1.54) is 12.8 Å². The molecule has 1 aliphatic carbocycles. The molecule has 0 atom stereocenters. The summed E-state index contributed by atoms with van der Waals surface area (Å²) in [4.78, 5) is 4.33. The Morgan fingerprint density at radius 2 is 2.05 bits per heavy atom. The number of aliphatic hydroxyl groups is 1. The van der Waals surface area contributed by atoms with Crippen LogP contribution in [0.15, 0.2) is 24.4 Å². The Labute approximate surface area is 125 Å². The maximum Gasteiger partial charge on any atom is 0.0504 e. The van der Waals surface area contributed by atoms with Crippen LogP contribution in [0.2, 0.25) is 0 Å². The van der Waals surface area contributed by atoms with E-state index in [9.17, 15) is 5.11 Å². The molecule has 1 aliphatic rings. The molecule has 21 heavy (non-hydrogen) atoms. The summed E-state index contributed by atoms with van der Waals surface area (Å²) in [6.45, 7) is 3.05. The first-order valence-corrected chi connectivity index (χ1v) is 7.63. The van der Waals surface area contributed by atoms with E-state index in [0.29, 0.717) is 0 Å². The van der Waals surface area contributed by atoms with Crippen LogP contribution < -0.4 is 11.1 Å². The van der Waals surface area contributed by atoms with E-state index in [0.717, 1.165) is 47.2 Å². The van der Waals surface area contributed by atoms with Crippen LogP contribution in [0, 0.1) is 12.3 Å². The van der Waals surface area contributed by atoms with Crippen molar-refractivity contribution in [3.8, 4) is 0 Å². The molecule has 0 radical (unpaired) electrons. The van der Waals surface area contributed by atoms with Crippen molar-refractivity contribution in [1.29, 1.82) is 0 Å². The molecule has 4 N–H and O–H groups in total. The highest BCUT2D eigenvalue weighted by Gasteiger charge is 2.32. The molecule has 1 fully saturated rings. The van der Waals surface area contributed by atoms with Crippen LogP contribution in [-0.2, 0) is 0 Å². The standard InChI is InChI=1S/C17H23N3O/c1-12-8-13-14(9-19-12)15(18)4-5-16(13)20-10-17(11-21)6-2-3-7-17/h4-5,8-9,20-21H,2-3,6-7,10-11,18H2,1H3. The molecule has 1 saturated carbocycles. The number of nitrogens with zero attached hydrogens (tertiary/aromatic N) is 1. The Hall–Kier alpha value is -1.81. The van der Waals surface area contributed by atoms with Crippen molar-refractivity contribution in [3.63, 3.8) is 0 Å². The van der Waals surface area contributed by atoms with Gasteiger partial charge in [-0.05, 0) is 38.0 Å². The van der Waals surface area contributed by atoms with E-state index in [1.54, 1.807) is 0 Å². The third-order valence-electron chi connectivity index (χ3n) is 4.72. The Morgan fingerprint density at radius 3 is 2.76 bits per heavy atom. The molecular weight excluding hydrogens is 262 g/mol. The number of nitrogen functional groups attached to an aromatic ring is 1. The zero-order valence-corrected chi connectivity index (χ0v) is 12.5. The maximum absolute atomic E-state index is 9.73. The first-order valence-electron chi connectivity index (χ1n) is 7.63. The summed E-state index contributed by atoms with van der Waals surface area (Å²) in [5, 5.41) is 15.3. The van der Waals surface area contributed by atoms with Crippen LogP contribution in [0.5, 0.6) is 0 Å². The van der Waals surface area contributed by atoms with Gasteiger partial charge < -0.3 is 16.2 Å². The van der Waals surface area contributed by atoms with Gasteiger partial charge in [0.1, 0.15) is 0 Å². The molecular formula is C17H23N3O. The fourth-order valence-electron chi connectivity index (χ4n) is 3.32. The predicted octanol–water partition coefficient (Wildman–Crippen LogP) is 3.09. The summed E-state index contributed by atoms with van der Waals surface area (Å²) in [7, 11) is 0. The number of benzene rings is 1. The fourth-order valence-corrected chi connectivity index (χ4v) is 3.32. The number of nitrogens with two attached hydrogens (primary N) is 1. The fraction of sp³-hybridized carbons (Fsp3) is 0.471. The third kappa shape index (κ3) is 2.68. The lowest BCUT2D eigenvalue weighted by molar-refractivity contribution is 0.142. The molecule has 2 aromatic rings. The molecule has 0 bridgehead atoms. The van der Waals surface area contributed by atoms with E-state index in [2.05, 4.69) is 16.4 Å². The summed E-state index contributed by atoms with van der Waals surface area (Å²) < 4.78 is 0. The van der Waals surface area contributed by atoms with Crippen LogP contribution in [-0.4, -0.2) is 23.2 Å². The molecule has 4 nitrogen and oxygen atoms in total. The number of pyridine rings is 1. The van der Waals surface area contributed by atoms with Crippen molar-refractivity contribution >= 4 is 22.1 Å². The first kappa shape index (κ1) is 14.1. The van der Waals surface area contributed by atoms with Gasteiger partial charge in [-0.25, -0.2) is 0 Å². The molecule has 0 amide bonds. The van der Waals surface area contributed by atoms with Crippen molar-refractivity contribution in [2.75, 3.05) is 24.2 Å². The second-order valence-electron chi connectivity index (χ2n) is 6.29. The maximum atomic E-state index is 9.73. The monoisotopic (exact) mass is 285 g/mol. The molecule has 1 aromatic heterocycles. The first-order chi connectivity index (χ1) is 10.1. The Bertz CT molecular complexity index is 648. The van der Waals surface area contributed by atoms with Crippen LogP contribution in [0.1, 0.15) is 31.4 Å². The summed E-state index contributed by atoms with van der Waals surface area (Å²) in [5.74, 6) is 0. The summed E-state index contributed by atoms with van der Waals surface area (Å²) in [6.07, 6.45) is 6.47. The second kappa shape index (κ2) is 5.53. The lowest BCUT2D eigenvalue weighted by atomic mass is 9.87. The predicted molar refractivity (Wildman–Crippen MR) is 87.4 cm³/mol. The number of nitrogens with one attached hydrogen (secondary N) is 1. The van der Waals surface area contributed by atoms with Crippen molar-refractivity contribution in [2.45, 2.75) is 32.6 Å². The van der Waals surface area contributed by atoms with Crippen molar-refractivity contribution in [1.82, 2.24) is 4.98 Å². The Balaban J connectivity index is 1.90. The highest BCUT2D eigenvalue weighted by atomic mass is 16.3. The number of anilines is 2. The molecule has 0 spiro atoms. The number of aromatic nitrogens is 1. The lowest BCUT2D eigenvalue weighted by Gasteiger charge is -2.27. The summed E-state index contributed by atoms with van der Waals surface area (Å²) in [5.41, 5.74) is 8.88. The number of aliphatic hydroxyl groups excluding tert-OH is 1. The molecule has 0 aliphatic heterocycles. The SMILES string of the molecule is Cc1cc2c(NCC3(CO)CCCC3)ccc(N)c2cn1. The van der Waals surface area contributed by atoms with Gasteiger partial charge in [-0.1, -0.05) is 12.8 Å². The quantitative estimate of drug-likeness (QED) is 0.755. The second-order valence-corrected chi connectivity index (χ2v) is 6.29. The van der Waals surface area contributed by atoms with E-state index in [4.69, 9.17) is 5.73 Å². The van der Waals surface area contributed by atoms with Gasteiger partial charge in [0.25, 0.3) is 0 Å². The highest BCUT2D eigenvalue weighted by Crippen LogP contribution is 2.38. The Kier molecular flexibility index (Phi) is 3.72. The van der Waals surface area contributed by atoms with Crippen molar-refractivity contribution < 1.29 is 5.11 Å². The number of hydrogen-bond acceptors (Lipinski definition) is 4. The van der Waals surface area contributed by atoms with Gasteiger partial charge in [0.2, 0.25) is 0 Å². The molecule has 0 saturated heterocycles. The minimum Gasteiger partial charge on any atom is -0.398 e. The van der Waals surface area contributed by atoms with Crippen molar-refractivity contribution in [2.24, 2.45) is 5.41 Å². The van der Waals surface area contributed by atoms with Gasteiger partial charge in [-0.15, -0.1) is 0 Å². The normalized spacial score (nSPS) is 17.2. The minimum absolute atomic E-state index is 0.0375. The number of rotatable bonds is 4. The van der Waals surface area contributed by atoms with Gasteiger partial charge in [-0.3, -0.25) is 4.98 Å². The van der Waals surface area contributed by atoms with Crippen molar-refractivity contribution in [3.05, 3.63) is 30.1 Å². The lowest BCUT2D eigenvalue weighted by Crippen LogP contribution is -2.30. The molecule has 0 unspecified atom stereocenters. The average Bonchev–Trinajstić information content (AvgIpc) is 2.96. The van der Waals surface area contributed by atoms with E-state index in [-0.39, 0.29) is 12.0 Å². The number of hydrogen-bond donors (Lipinski definition) is 3.